The van der Waals surface area contributed by atoms with Crippen molar-refractivity contribution in [3.8, 4) is 11.3 Å². The number of piperidine rings is 1. The summed E-state index contributed by atoms with van der Waals surface area (Å²) in [5.74, 6) is 0. The number of allylic oxidation sites excluding steroid dienone is 1. The molecule has 28 heavy (non-hydrogen) atoms. The number of imidazole rings is 1. The van der Waals surface area contributed by atoms with Crippen molar-refractivity contribution in [2.24, 2.45) is 0 Å². The lowest BCUT2D eigenvalue weighted by atomic mass is 10.0. The van der Waals surface area contributed by atoms with E-state index in [0.29, 0.717) is 0 Å². The van der Waals surface area contributed by atoms with E-state index in [2.05, 4.69) is 16.0 Å². The molecule has 0 atom stereocenters. The van der Waals surface area contributed by atoms with Gasteiger partial charge in [-0.1, -0.05) is 29.8 Å². The highest BCUT2D eigenvalue weighted by Crippen LogP contribution is 2.20. The maximum absolute atomic E-state index is 12.9. The van der Waals surface area contributed by atoms with E-state index in [0.717, 1.165) is 49.3 Å². The molecule has 6 heteroatoms. The smallest absolute Gasteiger partial charge is 0.329 e. The fourth-order valence-corrected chi connectivity index (χ4v) is 3.70. The molecule has 1 fully saturated rings. The molecule has 1 saturated heterocycles. The van der Waals surface area contributed by atoms with Crippen LogP contribution in [-0.2, 0) is 0 Å². The van der Waals surface area contributed by atoms with Crippen molar-refractivity contribution < 1.29 is 9.90 Å². The summed E-state index contributed by atoms with van der Waals surface area (Å²) in [6.45, 7) is 6.78. The Labute approximate surface area is 167 Å². The number of nitrogens with zero attached hydrogens (tertiary/aromatic N) is 4. The highest BCUT2D eigenvalue weighted by molar-refractivity contribution is 5.78. The standard InChI is InChI=1S/C22H30N4O2/c1-4-18(15-27)13-25-10-8-20(9-11-25)24(3)22(28)26-14-21(23-16-26)19-7-5-6-17(2)12-19/h4-7,12,14,16,20,27H,8-11,13,15H2,1-3H3. The zero-order chi connectivity index (χ0) is 20.1. The molecule has 1 aliphatic heterocycles. The van der Waals surface area contributed by atoms with Gasteiger partial charge in [-0.3, -0.25) is 9.47 Å². The van der Waals surface area contributed by atoms with Gasteiger partial charge in [-0.2, -0.15) is 0 Å². The Hall–Kier alpha value is -2.44. The zero-order valence-electron chi connectivity index (χ0n) is 17.0. The minimum atomic E-state index is -0.0469. The van der Waals surface area contributed by atoms with Crippen LogP contribution in [0.3, 0.4) is 0 Å². The molecule has 0 radical (unpaired) electrons. The summed E-state index contributed by atoms with van der Waals surface area (Å²) in [7, 11) is 1.88. The van der Waals surface area contributed by atoms with Gasteiger partial charge in [-0.05, 0) is 38.3 Å². The molecule has 0 saturated carbocycles. The number of carbonyl (C=O) groups excluding carboxylic acids is 1. The average Bonchev–Trinajstić information content (AvgIpc) is 3.21. The molecular formula is C22H30N4O2. The lowest BCUT2D eigenvalue weighted by Crippen LogP contribution is -2.47. The van der Waals surface area contributed by atoms with Gasteiger partial charge < -0.3 is 10.0 Å². The first kappa shape index (κ1) is 20.3. The van der Waals surface area contributed by atoms with Crippen molar-refractivity contribution in [2.45, 2.75) is 32.7 Å². The Balaban J connectivity index is 1.60. The summed E-state index contributed by atoms with van der Waals surface area (Å²) in [4.78, 5) is 21.5. The molecule has 0 aliphatic carbocycles. The van der Waals surface area contributed by atoms with Crippen LogP contribution in [0.2, 0.25) is 0 Å². The molecular weight excluding hydrogens is 352 g/mol. The number of amides is 1. The minimum absolute atomic E-state index is 0.0469. The van der Waals surface area contributed by atoms with E-state index in [4.69, 9.17) is 0 Å². The molecule has 150 valence electrons. The number of carbonyl (C=O) groups is 1. The van der Waals surface area contributed by atoms with Gasteiger partial charge >= 0.3 is 6.03 Å². The van der Waals surface area contributed by atoms with E-state index in [-0.39, 0.29) is 18.7 Å². The third-order valence-electron chi connectivity index (χ3n) is 5.56. The summed E-state index contributed by atoms with van der Waals surface area (Å²) < 4.78 is 1.58. The number of aliphatic hydroxyl groups excluding tert-OH is 1. The fraction of sp³-hybridized carbons (Fsp3) is 0.455. The summed E-state index contributed by atoms with van der Waals surface area (Å²) in [5.41, 5.74) is 4.05. The van der Waals surface area contributed by atoms with Crippen LogP contribution in [0, 0.1) is 6.92 Å². The largest absolute Gasteiger partial charge is 0.392 e. The van der Waals surface area contributed by atoms with Crippen molar-refractivity contribution in [2.75, 3.05) is 33.3 Å². The van der Waals surface area contributed by atoms with E-state index in [1.807, 2.05) is 56.3 Å². The zero-order valence-corrected chi connectivity index (χ0v) is 17.0. The number of rotatable bonds is 5. The van der Waals surface area contributed by atoms with Crippen molar-refractivity contribution in [3.05, 3.63) is 54.0 Å². The molecule has 3 rings (SSSR count). The first-order valence-corrected chi connectivity index (χ1v) is 9.87. The monoisotopic (exact) mass is 382 g/mol. The van der Waals surface area contributed by atoms with Crippen LogP contribution in [0.15, 0.2) is 48.4 Å². The topological polar surface area (TPSA) is 61.6 Å². The highest BCUT2D eigenvalue weighted by Gasteiger charge is 2.26. The number of aliphatic hydroxyl groups is 1. The Morgan fingerprint density at radius 3 is 2.75 bits per heavy atom. The molecule has 1 aromatic carbocycles. The van der Waals surface area contributed by atoms with Crippen LogP contribution in [-0.4, -0.2) is 69.8 Å². The quantitative estimate of drug-likeness (QED) is 0.807. The molecule has 1 amide bonds. The molecule has 1 aliphatic rings. The van der Waals surface area contributed by atoms with Crippen molar-refractivity contribution in [1.29, 1.82) is 0 Å². The molecule has 2 aromatic rings. The normalized spacial score (nSPS) is 16.4. The number of aryl methyl sites for hydroxylation is 1. The number of hydrogen-bond acceptors (Lipinski definition) is 4. The third kappa shape index (κ3) is 4.69. The van der Waals surface area contributed by atoms with E-state index < -0.39 is 0 Å². The second kappa shape index (κ2) is 9.17. The van der Waals surface area contributed by atoms with Crippen molar-refractivity contribution in [1.82, 2.24) is 19.4 Å². The number of benzene rings is 1. The van der Waals surface area contributed by atoms with Crippen LogP contribution in [0.5, 0.6) is 0 Å². The maximum atomic E-state index is 12.9. The van der Waals surface area contributed by atoms with Gasteiger partial charge in [0.25, 0.3) is 0 Å². The van der Waals surface area contributed by atoms with E-state index >= 15 is 0 Å². The number of hydrogen-bond donors (Lipinski definition) is 1. The van der Waals surface area contributed by atoms with Gasteiger partial charge in [0.2, 0.25) is 0 Å². The van der Waals surface area contributed by atoms with Crippen LogP contribution in [0.4, 0.5) is 4.79 Å². The van der Waals surface area contributed by atoms with Gasteiger partial charge in [0.1, 0.15) is 6.33 Å². The molecule has 0 bridgehead atoms. The van der Waals surface area contributed by atoms with Gasteiger partial charge in [0, 0.05) is 44.5 Å². The van der Waals surface area contributed by atoms with E-state index in [9.17, 15) is 9.90 Å². The van der Waals surface area contributed by atoms with Gasteiger partial charge in [0.15, 0.2) is 0 Å². The lowest BCUT2D eigenvalue weighted by molar-refractivity contribution is 0.139. The second-order valence-electron chi connectivity index (χ2n) is 7.54. The first-order valence-electron chi connectivity index (χ1n) is 9.87. The number of aromatic nitrogens is 2. The minimum Gasteiger partial charge on any atom is -0.392 e. The first-order chi connectivity index (χ1) is 13.5. The maximum Gasteiger partial charge on any atom is 0.329 e. The average molecular weight is 383 g/mol. The van der Waals surface area contributed by atoms with Crippen LogP contribution < -0.4 is 0 Å². The van der Waals surface area contributed by atoms with Gasteiger partial charge in [-0.25, -0.2) is 9.78 Å². The third-order valence-corrected chi connectivity index (χ3v) is 5.56. The Kier molecular flexibility index (Phi) is 6.65. The summed E-state index contributed by atoms with van der Waals surface area (Å²) in [6.07, 6.45) is 7.26. The van der Waals surface area contributed by atoms with E-state index in [1.165, 1.54) is 5.56 Å². The van der Waals surface area contributed by atoms with Gasteiger partial charge in [0.05, 0.1) is 12.3 Å². The molecule has 1 N–H and O–H groups in total. The lowest BCUT2D eigenvalue weighted by Gasteiger charge is -2.36. The Morgan fingerprint density at radius 1 is 1.36 bits per heavy atom. The van der Waals surface area contributed by atoms with Crippen LogP contribution in [0.1, 0.15) is 25.3 Å². The Morgan fingerprint density at radius 2 is 2.11 bits per heavy atom. The second-order valence-corrected chi connectivity index (χ2v) is 7.54. The molecule has 1 aromatic heterocycles. The highest BCUT2D eigenvalue weighted by atomic mass is 16.3. The SMILES string of the molecule is CC=C(CO)CN1CCC(N(C)C(=O)n2cnc(-c3cccc(C)c3)c2)CC1. The molecule has 2 heterocycles. The van der Waals surface area contributed by atoms with E-state index in [1.54, 1.807) is 10.9 Å². The number of likely N-dealkylation sites (tertiary alicyclic amines) is 1. The van der Waals surface area contributed by atoms with Crippen LogP contribution in [0.25, 0.3) is 11.3 Å². The van der Waals surface area contributed by atoms with Crippen molar-refractivity contribution in [3.63, 3.8) is 0 Å². The summed E-state index contributed by atoms with van der Waals surface area (Å²) in [5, 5.41) is 9.34. The predicted octanol–water partition coefficient (Wildman–Crippen LogP) is 3.16. The molecule has 0 unspecified atom stereocenters. The fourth-order valence-electron chi connectivity index (χ4n) is 3.70. The predicted molar refractivity (Wildman–Crippen MR) is 111 cm³/mol. The Bertz CT molecular complexity index is 835. The summed E-state index contributed by atoms with van der Waals surface area (Å²) >= 11 is 0. The van der Waals surface area contributed by atoms with Gasteiger partial charge in [-0.15, -0.1) is 0 Å². The van der Waals surface area contributed by atoms with Crippen LogP contribution >= 0.6 is 0 Å². The molecule has 6 nitrogen and oxygen atoms in total. The summed E-state index contributed by atoms with van der Waals surface area (Å²) in [6, 6.07) is 8.30. The molecule has 0 spiro atoms. The van der Waals surface area contributed by atoms with Crippen molar-refractivity contribution >= 4 is 6.03 Å².